The van der Waals surface area contributed by atoms with Crippen LogP contribution in [-0.2, 0) is 4.74 Å². The van der Waals surface area contributed by atoms with E-state index in [0.29, 0.717) is 5.69 Å². The van der Waals surface area contributed by atoms with Crippen LogP contribution < -0.4 is 0 Å². The van der Waals surface area contributed by atoms with Gasteiger partial charge < -0.3 is 9.64 Å². The molecule has 1 aliphatic heterocycles. The molecule has 1 aromatic heterocycles. The highest BCUT2D eigenvalue weighted by molar-refractivity contribution is 5.92. The summed E-state index contributed by atoms with van der Waals surface area (Å²) < 4.78 is 5.69. The molecule has 1 aromatic rings. The van der Waals surface area contributed by atoms with Crippen LogP contribution in [-0.4, -0.2) is 47.1 Å². The molecule has 1 aliphatic carbocycles. The average Bonchev–Trinajstić information content (AvgIpc) is 2.89. The molecule has 2 heterocycles. The first-order valence-electron chi connectivity index (χ1n) is 7.75. The maximum atomic E-state index is 12.6. The smallest absolute Gasteiger partial charge is 0.274 e. The van der Waals surface area contributed by atoms with Crippen LogP contribution in [0.4, 0.5) is 0 Å². The fourth-order valence-corrected chi connectivity index (χ4v) is 3.94. The first-order valence-corrected chi connectivity index (χ1v) is 7.75. The molecular formula is C16H23N3O2. The number of amides is 1. The van der Waals surface area contributed by atoms with Crippen molar-refractivity contribution in [1.82, 2.24) is 14.9 Å². The van der Waals surface area contributed by atoms with Crippen LogP contribution >= 0.6 is 0 Å². The number of ether oxygens (including phenoxy) is 1. The monoisotopic (exact) mass is 289 g/mol. The molecule has 2 aliphatic rings. The zero-order chi connectivity index (χ0) is 14.9. The van der Waals surface area contributed by atoms with E-state index in [9.17, 15) is 4.79 Å². The van der Waals surface area contributed by atoms with Crippen molar-refractivity contribution < 1.29 is 9.53 Å². The van der Waals surface area contributed by atoms with Crippen LogP contribution in [0.3, 0.4) is 0 Å². The quantitative estimate of drug-likeness (QED) is 0.837. The van der Waals surface area contributed by atoms with Crippen molar-refractivity contribution in [3.8, 4) is 0 Å². The number of carbonyl (C=O) groups excluding carboxylic acids is 1. The number of rotatable bonds is 2. The molecule has 0 aromatic carbocycles. The lowest BCUT2D eigenvalue weighted by Crippen LogP contribution is -2.50. The number of piperidine rings is 1. The third-order valence-corrected chi connectivity index (χ3v) is 5.00. The topological polar surface area (TPSA) is 55.3 Å². The molecule has 5 heteroatoms. The van der Waals surface area contributed by atoms with Crippen molar-refractivity contribution in [2.24, 2.45) is 5.41 Å². The van der Waals surface area contributed by atoms with E-state index in [2.05, 4.69) is 9.97 Å². The maximum Gasteiger partial charge on any atom is 0.274 e. The van der Waals surface area contributed by atoms with Crippen LogP contribution in [0.1, 0.15) is 48.3 Å². The van der Waals surface area contributed by atoms with Gasteiger partial charge in [0.15, 0.2) is 0 Å². The van der Waals surface area contributed by atoms with Crippen molar-refractivity contribution in [3.63, 3.8) is 0 Å². The molecule has 5 nitrogen and oxygen atoms in total. The summed E-state index contributed by atoms with van der Waals surface area (Å²) in [6, 6.07) is 0. The summed E-state index contributed by atoms with van der Waals surface area (Å²) in [6.07, 6.45) is 9.21. The van der Waals surface area contributed by atoms with Gasteiger partial charge in [0.05, 0.1) is 18.0 Å². The number of carbonyl (C=O) groups is 1. The van der Waals surface area contributed by atoms with Gasteiger partial charge in [-0.2, -0.15) is 0 Å². The lowest BCUT2D eigenvalue weighted by molar-refractivity contribution is -0.0296. The summed E-state index contributed by atoms with van der Waals surface area (Å²) in [4.78, 5) is 23.0. The standard InChI is InChI=1S/C16H23N3O2/c1-12-9-18-13(10-17-12)15(20)19-8-4-7-16(11-19)6-3-5-14(16)21-2/h9-10,14H,3-8,11H2,1-2H3/t14-,16+/m1/s1. The lowest BCUT2D eigenvalue weighted by Gasteiger charge is -2.43. The van der Waals surface area contributed by atoms with Gasteiger partial charge in [-0.25, -0.2) is 4.98 Å². The predicted molar refractivity (Wildman–Crippen MR) is 79.0 cm³/mol. The van der Waals surface area contributed by atoms with Crippen molar-refractivity contribution in [3.05, 3.63) is 23.8 Å². The number of aryl methyl sites for hydroxylation is 1. The molecule has 2 atom stereocenters. The van der Waals surface area contributed by atoms with Crippen molar-refractivity contribution in [2.75, 3.05) is 20.2 Å². The van der Waals surface area contributed by atoms with E-state index >= 15 is 0 Å². The van der Waals surface area contributed by atoms with Crippen molar-refractivity contribution in [1.29, 1.82) is 0 Å². The molecule has 2 fully saturated rings. The minimum absolute atomic E-state index is 0.00308. The lowest BCUT2D eigenvalue weighted by atomic mass is 9.76. The molecule has 0 N–H and O–H groups in total. The van der Waals surface area contributed by atoms with E-state index in [1.54, 1.807) is 19.5 Å². The van der Waals surface area contributed by atoms with E-state index in [4.69, 9.17) is 4.74 Å². The second-order valence-corrected chi connectivity index (χ2v) is 6.35. The number of methoxy groups -OCH3 is 1. The molecule has 114 valence electrons. The van der Waals surface area contributed by atoms with Crippen molar-refractivity contribution in [2.45, 2.75) is 45.1 Å². The average molecular weight is 289 g/mol. The SMILES string of the molecule is CO[C@@H]1CCC[C@@]12CCCN(C(=O)c1cnc(C)cn1)C2. The van der Waals surface area contributed by atoms with Gasteiger partial charge in [0.25, 0.3) is 5.91 Å². The Balaban J connectivity index is 1.77. The zero-order valence-electron chi connectivity index (χ0n) is 12.8. The number of nitrogens with zero attached hydrogens (tertiary/aromatic N) is 3. The molecule has 3 rings (SSSR count). The molecule has 1 spiro atoms. The number of aromatic nitrogens is 2. The molecule has 0 unspecified atom stereocenters. The molecule has 1 saturated carbocycles. The second kappa shape index (κ2) is 5.72. The van der Waals surface area contributed by atoms with Crippen LogP contribution in [0.25, 0.3) is 0 Å². The van der Waals surface area contributed by atoms with Crippen LogP contribution in [0.15, 0.2) is 12.4 Å². The van der Waals surface area contributed by atoms with Gasteiger partial charge in [-0.3, -0.25) is 9.78 Å². The molecule has 21 heavy (non-hydrogen) atoms. The zero-order valence-corrected chi connectivity index (χ0v) is 12.8. The van der Waals surface area contributed by atoms with Crippen LogP contribution in [0.5, 0.6) is 0 Å². The van der Waals surface area contributed by atoms with E-state index in [1.165, 1.54) is 6.42 Å². The summed E-state index contributed by atoms with van der Waals surface area (Å²) in [7, 11) is 1.80. The minimum Gasteiger partial charge on any atom is -0.381 e. The Hall–Kier alpha value is -1.49. The molecule has 1 saturated heterocycles. The Bertz CT molecular complexity index is 517. The predicted octanol–water partition coefficient (Wildman–Crippen LogP) is 2.21. The molecule has 0 radical (unpaired) electrons. The van der Waals surface area contributed by atoms with Crippen molar-refractivity contribution >= 4 is 5.91 Å². The normalized spacial score (nSPS) is 29.0. The Morgan fingerprint density at radius 3 is 2.86 bits per heavy atom. The first kappa shape index (κ1) is 14.4. The fraction of sp³-hybridized carbons (Fsp3) is 0.688. The van der Waals surface area contributed by atoms with Gasteiger partial charge in [-0.1, -0.05) is 6.42 Å². The largest absolute Gasteiger partial charge is 0.381 e. The van der Waals surface area contributed by atoms with Gasteiger partial charge in [0, 0.05) is 31.8 Å². The molecule has 0 bridgehead atoms. The summed E-state index contributed by atoms with van der Waals surface area (Å²) >= 11 is 0. The maximum absolute atomic E-state index is 12.6. The van der Waals surface area contributed by atoms with E-state index in [1.807, 2.05) is 11.8 Å². The second-order valence-electron chi connectivity index (χ2n) is 6.35. The van der Waals surface area contributed by atoms with Crippen LogP contribution in [0, 0.1) is 12.3 Å². The highest BCUT2D eigenvalue weighted by Gasteiger charge is 2.46. The van der Waals surface area contributed by atoms with Gasteiger partial charge in [-0.15, -0.1) is 0 Å². The number of hydrogen-bond donors (Lipinski definition) is 0. The van der Waals surface area contributed by atoms with Gasteiger partial charge >= 0.3 is 0 Å². The summed E-state index contributed by atoms with van der Waals surface area (Å²) in [5, 5.41) is 0. The first-order chi connectivity index (χ1) is 10.1. The number of hydrogen-bond acceptors (Lipinski definition) is 4. The number of likely N-dealkylation sites (tertiary alicyclic amines) is 1. The Morgan fingerprint density at radius 1 is 1.33 bits per heavy atom. The third kappa shape index (κ3) is 2.67. The van der Waals surface area contributed by atoms with E-state index < -0.39 is 0 Å². The van der Waals surface area contributed by atoms with Gasteiger partial charge in [0.1, 0.15) is 5.69 Å². The van der Waals surface area contributed by atoms with E-state index in [0.717, 1.165) is 44.5 Å². The Morgan fingerprint density at radius 2 is 2.14 bits per heavy atom. The molecule has 1 amide bonds. The molecular weight excluding hydrogens is 266 g/mol. The Labute approximate surface area is 125 Å². The summed E-state index contributed by atoms with van der Waals surface area (Å²) in [6.45, 7) is 3.48. The van der Waals surface area contributed by atoms with Gasteiger partial charge in [0.2, 0.25) is 0 Å². The fourth-order valence-electron chi connectivity index (χ4n) is 3.94. The Kier molecular flexibility index (Phi) is 3.93. The van der Waals surface area contributed by atoms with Gasteiger partial charge in [-0.05, 0) is 32.6 Å². The summed E-state index contributed by atoms with van der Waals surface area (Å²) in [5.74, 6) is 0.00308. The highest BCUT2D eigenvalue weighted by atomic mass is 16.5. The minimum atomic E-state index is 0.00308. The highest BCUT2D eigenvalue weighted by Crippen LogP contribution is 2.46. The van der Waals surface area contributed by atoms with E-state index in [-0.39, 0.29) is 17.4 Å². The summed E-state index contributed by atoms with van der Waals surface area (Å²) in [5.41, 5.74) is 1.43. The van der Waals surface area contributed by atoms with Crippen LogP contribution in [0.2, 0.25) is 0 Å². The third-order valence-electron chi connectivity index (χ3n) is 5.00.